The molecular weight excluding hydrogens is 323 g/mol. The minimum Gasteiger partial charge on any atom is -0.356 e. The molecule has 0 bridgehead atoms. The molecule has 0 saturated heterocycles. The number of para-hydroxylation sites is 1. The Morgan fingerprint density at radius 3 is 2.73 bits per heavy atom. The van der Waals surface area contributed by atoms with E-state index < -0.39 is 0 Å². The number of carbonyl (C=O) groups is 1. The first-order valence-electron chi connectivity index (χ1n) is 7.06. The van der Waals surface area contributed by atoms with Crippen LogP contribution in [0, 0.1) is 6.92 Å². The number of aryl methyl sites for hydroxylation is 2. The SMILES string of the molecule is CNCCCNC(=O)CCc1nc2c(C)cccc2[nH]1.Cl.Cl. The molecule has 2 rings (SSSR count). The molecule has 22 heavy (non-hydrogen) atoms. The van der Waals surface area contributed by atoms with Crippen LogP contribution in [0.4, 0.5) is 0 Å². The van der Waals surface area contributed by atoms with Gasteiger partial charge in [0.1, 0.15) is 5.82 Å². The molecule has 0 fully saturated rings. The Labute approximate surface area is 143 Å². The van der Waals surface area contributed by atoms with Gasteiger partial charge in [0.25, 0.3) is 0 Å². The third-order valence-electron chi connectivity index (χ3n) is 3.28. The smallest absolute Gasteiger partial charge is 0.220 e. The van der Waals surface area contributed by atoms with Crippen LogP contribution < -0.4 is 10.6 Å². The van der Waals surface area contributed by atoms with Crippen LogP contribution in [0.15, 0.2) is 18.2 Å². The number of nitrogens with zero attached hydrogens (tertiary/aromatic N) is 1. The first-order chi connectivity index (χ1) is 9.70. The quantitative estimate of drug-likeness (QED) is 0.674. The van der Waals surface area contributed by atoms with Gasteiger partial charge in [-0.25, -0.2) is 4.98 Å². The van der Waals surface area contributed by atoms with Crippen molar-refractivity contribution < 1.29 is 4.79 Å². The van der Waals surface area contributed by atoms with E-state index in [2.05, 4.69) is 20.6 Å². The standard InChI is InChI=1S/C15H22N4O.2ClH/c1-11-5-3-6-12-15(11)19-13(18-12)7-8-14(20)17-10-4-9-16-2;;/h3,5-6,16H,4,7-10H2,1-2H3,(H,17,20)(H,18,19);2*1H. The number of carbonyl (C=O) groups excluding carboxylic acids is 1. The van der Waals surface area contributed by atoms with Gasteiger partial charge in [-0.05, 0) is 38.6 Å². The van der Waals surface area contributed by atoms with Gasteiger partial charge in [-0.15, -0.1) is 24.8 Å². The highest BCUT2D eigenvalue weighted by molar-refractivity contribution is 5.85. The number of imidazole rings is 1. The number of aromatic amines is 1. The van der Waals surface area contributed by atoms with E-state index in [4.69, 9.17) is 0 Å². The molecule has 7 heteroatoms. The Kier molecular flexibility index (Phi) is 9.81. The van der Waals surface area contributed by atoms with E-state index in [0.717, 1.165) is 41.9 Å². The Hall–Kier alpha value is -1.30. The van der Waals surface area contributed by atoms with Crippen LogP contribution in [0.1, 0.15) is 24.2 Å². The molecule has 0 aliphatic carbocycles. The molecule has 1 heterocycles. The van der Waals surface area contributed by atoms with Crippen LogP contribution in [0.25, 0.3) is 11.0 Å². The summed E-state index contributed by atoms with van der Waals surface area (Å²) in [7, 11) is 1.91. The summed E-state index contributed by atoms with van der Waals surface area (Å²) >= 11 is 0. The highest BCUT2D eigenvalue weighted by Crippen LogP contribution is 2.15. The first kappa shape index (κ1) is 20.7. The van der Waals surface area contributed by atoms with Gasteiger partial charge >= 0.3 is 0 Å². The number of fused-ring (bicyclic) bond motifs is 1. The topological polar surface area (TPSA) is 69.8 Å². The predicted molar refractivity (Wildman–Crippen MR) is 95.2 cm³/mol. The molecule has 0 aliphatic heterocycles. The van der Waals surface area contributed by atoms with Crippen LogP contribution >= 0.6 is 24.8 Å². The van der Waals surface area contributed by atoms with Gasteiger partial charge < -0.3 is 15.6 Å². The molecule has 0 atom stereocenters. The van der Waals surface area contributed by atoms with Crippen molar-refractivity contribution in [3.05, 3.63) is 29.6 Å². The summed E-state index contributed by atoms with van der Waals surface area (Å²) in [6.07, 6.45) is 2.07. The number of nitrogens with one attached hydrogen (secondary N) is 3. The number of rotatable bonds is 7. The van der Waals surface area contributed by atoms with Gasteiger partial charge in [0.2, 0.25) is 5.91 Å². The molecule has 1 aromatic heterocycles. The van der Waals surface area contributed by atoms with E-state index in [1.165, 1.54) is 0 Å². The minimum absolute atomic E-state index is 0. The molecule has 1 amide bonds. The number of amides is 1. The van der Waals surface area contributed by atoms with E-state index in [0.29, 0.717) is 12.8 Å². The largest absolute Gasteiger partial charge is 0.356 e. The third kappa shape index (κ3) is 5.83. The Morgan fingerprint density at radius 2 is 2.05 bits per heavy atom. The number of hydrogen-bond acceptors (Lipinski definition) is 3. The zero-order valence-corrected chi connectivity index (χ0v) is 14.6. The maximum absolute atomic E-state index is 11.7. The van der Waals surface area contributed by atoms with Crippen molar-refractivity contribution in [2.75, 3.05) is 20.1 Å². The molecule has 0 radical (unpaired) electrons. The second-order valence-electron chi connectivity index (χ2n) is 4.96. The molecule has 5 nitrogen and oxygen atoms in total. The van der Waals surface area contributed by atoms with Crippen molar-refractivity contribution in [1.29, 1.82) is 0 Å². The fourth-order valence-electron chi connectivity index (χ4n) is 2.16. The third-order valence-corrected chi connectivity index (χ3v) is 3.28. The van der Waals surface area contributed by atoms with Crippen molar-refractivity contribution in [3.63, 3.8) is 0 Å². The van der Waals surface area contributed by atoms with Crippen LogP contribution in [-0.4, -0.2) is 36.0 Å². The first-order valence-corrected chi connectivity index (χ1v) is 7.06. The zero-order chi connectivity index (χ0) is 14.4. The molecule has 124 valence electrons. The van der Waals surface area contributed by atoms with Crippen LogP contribution in [0.2, 0.25) is 0 Å². The second kappa shape index (κ2) is 10.4. The lowest BCUT2D eigenvalue weighted by atomic mass is 10.2. The minimum atomic E-state index is 0. The molecule has 0 spiro atoms. The van der Waals surface area contributed by atoms with Gasteiger partial charge in [-0.1, -0.05) is 12.1 Å². The van der Waals surface area contributed by atoms with Gasteiger partial charge in [0, 0.05) is 19.4 Å². The fourth-order valence-corrected chi connectivity index (χ4v) is 2.16. The van der Waals surface area contributed by atoms with Crippen molar-refractivity contribution in [2.24, 2.45) is 0 Å². The van der Waals surface area contributed by atoms with E-state index in [1.807, 2.05) is 32.2 Å². The maximum Gasteiger partial charge on any atom is 0.220 e. The van der Waals surface area contributed by atoms with E-state index in [-0.39, 0.29) is 30.7 Å². The van der Waals surface area contributed by atoms with Crippen LogP contribution in [0.5, 0.6) is 0 Å². The molecule has 0 saturated carbocycles. The maximum atomic E-state index is 11.7. The van der Waals surface area contributed by atoms with Crippen molar-refractivity contribution >= 4 is 41.8 Å². The lowest BCUT2D eigenvalue weighted by molar-refractivity contribution is -0.121. The molecule has 0 aliphatic rings. The van der Waals surface area contributed by atoms with Gasteiger partial charge in [0.15, 0.2) is 0 Å². The number of hydrogen-bond donors (Lipinski definition) is 3. The van der Waals surface area contributed by atoms with Crippen LogP contribution in [-0.2, 0) is 11.2 Å². The number of benzene rings is 1. The van der Waals surface area contributed by atoms with Crippen molar-refractivity contribution in [2.45, 2.75) is 26.2 Å². The summed E-state index contributed by atoms with van der Waals surface area (Å²) in [4.78, 5) is 19.5. The van der Waals surface area contributed by atoms with Gasteiger partial charge in [-0.3, -0.25) is 4.79 Å². The number of halogens is 2. The average molecular weight is 347 g/mol. The van der Waals surface area contributed by atoms with E-state index in [1.54, 1.807) is 0 Å². The Morgan fingerprint density at radius 1 is 1.27 bits per heavy atom. The number of aromatic nitrogens is 2. The predicted octanol–water partition coefficient (Wildman–Crippen LogP) is 2.37. The monoisotopic (exact) mass is 346 g/mol. The molecule has 0 unspecified atom stereocenters. The lowest BCUT2D eigenvalue weighted by Crippen LogP contribution is -2.26. The van der Waals surface area contributed by atoms with E-state index >= 15 is 0 Å². The molecule has 1 aromatic carbocycles. The van der Waals surface area contributed by atoms with Crippen molar-refractivity contribution in [1.82, 2.24) is 20.6 Å². The summed E-state index contributed by atoms with van der Waals surface area (Å²) < 4.78 is 0. The summed E-state index contributed by atoms with van der Waals surface area (Å²) in [6, 6.07) is 6.06. The summed E-state index contributed by atoms with van der Waals surface area (Å²) in [6.45, 7) is 3.68. The fraction of sp³-hybridized carbons (Fsp3) is 0.467. The number of H-pyrrole nitrogens is 1. The van der Waals surface area contributed by atoms with Crippen LogP contribution in [0.3, 0.4) is 0 Å². The Balaban J connectivity index is 0.00000220. The Bertz CT molecular complexity index is 586. The highest BCUT2D eigenvalue weighted by atomic mass is 35.5. The zero-order valence-electron chi connectivity index (χ0n) is 12.9. The van der Waals surface area contributed by atoms with Gasteiger partial charge in [0.05, 0.1) is 11.0 Å². The van der Waals surface area contributed by atoms with E-state index in [9.17, 15) is 4.79 Å². The summed E-state index contributed by atoms with van der Waals surface area (Å²) in [5, 5.41) is 5.97. The lowest BCUT2D eigenvalue weighted by Gasteiger charge is -2.03. The highest BCUT2D eigenvalue weighted by Gasteiger charge is 2.07. The summed E-state index contributed by atoms with van der Waals surface area (Å²) in [5.41, 5.74) is 3.19. The summed E-state index contributed by atoms with van der Waals surface area (Å²) in [5.74, 6) is 0.956. The average Bonchev–Trinajstić information content (AvgIpc) is 2.86. The molecular formula is C15H24Cl2N4O. The second-order valence-corrected chi connectivity index (χ2v) is 4.96. The van der Waals surface area contributed by atoms with Gasteiger partial charge in [-0.2, -0.15) is 0 Å². The molecule has 3 N–H and O–H groups in total. The normalized spacial score (nSPS) is 9.91. The van der Waals surface area contributed by atoms with Crippen molar-refractivity contribution in [3.8, 4) is 0 Å². The molecule has 2 aromatic rings.